The molecule has 0 radical (unpaired) electrons. The largest absolute Gasteiger partial charge is 0.388 e. The normalized spacial score (nSPS) is 11.2. The van der Waals surface area contributed by atoms with Crippen molar-refractivity contribution in [3.8, 4) is 24.3 Å². The van der Waals surface area contributed by atoms with Gasteiger partial charge in [-0.15, -0.1) is 0 Å². The van der Waals surface area contributed by atoms with Gasteiger partial charge in [0, 0.05) is 0 Å². The van der Waals surface area contributed by atoms with Gasteiger partial charge in [-0.1, -0.05) is 0 Å². The van der Waals surface area contributed by atoms with Crippen LogP contribution < -0.4 is 22.1 Å². The molecule has 0 aromatic carbocycles. The van der Waals surface area contributed by atoms with Crippen LogP contribution in [-0.4, -0.2) is 11.8 Å². The number of carbonyl (C=O) groups excluding carboxylic acids is 2. The Morgan fingerprint density at radius 3 is 1.20 bits per heavy atom. The van der Waals surface area contributed by atoms with Crippen LogP contribution in [0.4, 0.5) is 0 Å². The van der Waals surface area contributed by atoms with E-state index in [1.165, 1.54) is 24.3 Å². The van der Waals surface area contributed by atoms with E-state index in [4.69, 9.17) is 32.5 Å². The molecule has 0 saturated heterocycles. The Morgan fingerprint density at radius 1 is 0.700 bits per heavy atom. The van der Waals surface area contributed by atoms with E-state index < -0.39 is 34.6 Å². The molecule has 0 unspecified atom stereocenters. The zero-order valence-electron chi connectivity index (χ0n) is 9.76. The van der Waals surface area contributed by atoms with Crippen LogP contribution >= 0.6 is 0 Å². The minimum atomic E-state index is -1.36. The van der Waals surface area contributed by atoms with Crippen molar-refractivity contribution in [2.24, 2.45) is 11.5 Å². The molecule has 20 heavy (non-hydrogen) atoms. The van der Waals surface area contributed by atoms with Crippen molar-refractivity contribution in [1.82, 2.24) is 10.6 Å². The second-order valence-electron chi connectivity index (χ2n) is 2.93. The van der Waals surface area contributed by atoms with Gasteiger partial charge in [0.15, 0.2) is 11.4 Å². The average molecular weight is 270 g/mol. The zero-order chi connectivity index (χ0) is 15.7. The van der Waals surface area contributed by atoms with Crippen molar-refractivity contribution in [3.05, 3.63) is 22.8 Å². The molecule has 0 aliphatic carbocycles. The second kappa shape index (κ2) is 7.33. The highest BCUT2D eigenvalue weighted by Crippen LogP contribution is 1.94. The summed E-state index contributed by atoms with van der Waals surface area (Å²) in [4.78, 5) is 22.7. The predicted molar refractivity (Wildman–Crippen MR) is 61.2 cm³/mol. The number of hydrogen-bond donors (Lipinski definition) is 4. The Balaban J connectivity index is 5.09. The molecule has 6 N–H and O–H groups in total. The summed E-state index contributed by atoms with van der Waals surface area (Å²) >= 11 is 0. The molecule has 10 nitrogen and oxygen atoms in total. The van der Waals surface area contributed by atoms with Crippen molar-refractivity contribution in [1.29, 1.82) is 21.0 Å². The van der Waals surface area contributed by atoms with E-state index in [1.54, 1.807) is 10.6 Å². The lowest BCUT2D eigenvalue weighted by Gasteiger charge is -2.04. The Kier molecular flexibility index (Phi) is 5.86. The summed E-state index contributed by atoms with van der Waals surface area (Å²) < 4.78 is 0. The number of nitrogens with zero attached hydrogens (tertiary/aromatic N) is 4. The second-order valence-corrected chi connectivity index (χ2v) is 2.93. The van der Waals surface area contributed by atoms with E-state index in [0.29, 0.717) is 0 Å². The number of amides is 2. The molecule has 0 aliphatic heterocycles. The fourth-order valence-electron chi connectivity index (χ4n) is 0.763. The standard InChI is InChI=1S/C10H6N8O2/c11-1-5(15)7(3-13)17-9(19)10(20)18-8(4-14)6(16)2-12/h15-16H2,(H,17,19)(H,18,20)/b7-5-,8-6-. The van der Waals surface area contributed by atoms with Gasteiger partial charge in [-0.25, -0.2) is 0 Å². The number of nitrogens with two attached hydrogens (primary N) is 2. The minimum Gasteiger partial charge on any atom is -0.388 e. The quantitative estimate of drug-likeness (QED) is 0.315. The molecule has 0 saturated carbocycles. The first-order valence-corrected chi connectivity index (χ1v) is 4.63. The van der Waals surface area contributed by atoms with Crippen LogP contribution in [0.2, 0.25) is 0 Å². The van der Waals surface area contributed by atoms with Crippen LogP contribution in [0.5, 0.6) is 0 Å². The number of allylic oxidation sites excluding steroid dienone is 4. The molecule has 0 rings (SSSR count). The molecular weight excluding hydrogens is 264 g/mol. The van der Waals surface area contributed by atoms with Crippen molar-refractivity contribution < 1.29 is 9.59 Å². The molecule has 0 fully saturated rings. The summed E-state index contributed by atoms with van der Waals surface area (Å²) in [6.07, 6.45) is 0. The SMILES string of the molecule is N#C/C(N)=C(\C#N)NC(=O)C(=O)N/C(C#N)=C(\N)C#N. The fraction of sp³-hybridized carbons (Fsp3) is 0. The maximum absolute atomic E-state index is 11.4. The maximum Gasteiger partial charge on any atom is 0.314 e. The highest BCUT2D eigenvalue weighted by Gasteiger charge is 2.18. The van der Waals surface area contributed by atoms with Gasteiger partial charge in [0.25, 0.3) is 0 Å². The predicted octanol–water partition coefficient (Wildman–Crippen LogP) is -2.35. The highest BCUT2D eigenvalue weighted by molar-refractivity contribution is 6.36. The average Bonchev–Trinajstić information content (AvgIpc) is 2.47. The van der Waals surface area contributed by atoms with Crippen molar-refractivity contribution in [2.75, 3.05) is 0 Å². The molecule has 0 atom stereocenters. The summed E-state index contributed by atoms with van der Waals surface area (Å²) in [5.41, 5.74) is 7.76. The smallest absolute Gasteiger partial charge is 0.314 e. The van der Waals surface area contributed by atoms with Crippen LogP contribution in [0.1, 0.15) is 0 Å². The van der Waals surface area contributed by atoms with Crippen LogP contribution in [0, 0.1) is 45.3 Å². The Labute approximate surface area is 112 Å². The van der Waals surface area contributed by atoms with E-state index in [9.17, 15) is 9.59 Å². The highest BCUT2D eigenvalue weighted by atomic mass is 16.2. The minimum absolute atomic E-state index is 0.596. The maximum atomic E-state index is 11.4. The summed E-state index contributed by atoms with van der Waals surface area (Å²) in [6.45, 7) is 0. The van der Waals surface area contributed by atoms with Gasteiger partial charge >= 0.3 is 11.8 Å². The molecule has 98 valence electrons. The van der Waals surface area contributed by atoms with E-state index in [1.807, 2.05) is 0 Å². The third kappa shape index (κ3) is 4.10. The van der Waals surface area contributed by atoms with E-state index in [2.05, 4.69) is 0 Å². The van der Waals surface area contributed by atoms with Gasteiger partial charge in [-0.2, -0.15) is 21.0 Å². The van der Waals surface area contributed by atoms with Gasteiger partial charge in [-0.05, 0) is 0 Å². The first-order chi connectivity index (χ1) is 9.40. The first-order valence-electron chi connectivity index (χ1n) is 4.63. The van der Waals surface area contributed by atoms with Gasteiger partial charge in [0.2, 0.25) is 0 Å². The van der Waals surface area contributed by atoms with Crippen LogP contribution in [0.25, 0.3) is 0 Å². The van der Waals surface area contributed by atoms with Crippen molar-refractivity contribution >= 4 is 11.8 Å². The number of rotatable bonds is 2. The summed E-state index contributed by atoms with van der Waals surface area (Å²) in [6, 6.07) is 5.62. The van der Waals surface area contributed by atoms with Crippen LogP contribution in [0.3, 0.4) is 0 Å². The van der Waals surface area contributed by atoms with Crippen molar-refractivity contribution in [3.63, 3.8) is 0 Å². The molecule has 2 amide bonds. The summed E-state index contributed by atoms with van der Waals surface area (Å²) in [5.74, 6) is -2.73. The lowest BCUT2D eigenvalue weighted by molar-refractivity contribution is -0.138. The van der Waals surface area contributed by atoms with Gasteiger partial charge < -0.3 is 22.1 Å². The van der Waals surface area contributed by atoms with E-state index in [-0.39, 0.29) is 0 Å². The molecule has 0 aliphatic rings. The third-order valence-electron chi connectivity index (χ3n) is 1.69. The molecule has 0 heterocycles. The number of nitrogens with one attached hydrogen (secondary N) is 2. The lowest BCUT2D eigenvalue weighted by atomic mass is 10.3. The summed E-state index contributed by atoms with van der Waals surface area (Å²) in [7, 11) is 0. The topological polar surface area (TPSA) is 205 Å². The zero-order valence-corrected chi connectivity index (χ0v) is 9.76. The van der Waals surface area contributed by atoms with Crippen LogP contribution in [0.15, 0.2) is 22.8 Å². The van der Waals surface area contributed by atoms with Crippen LogP contribution in [-0.2, 0) is 9.59 Å². The fourth-order valence-corrected chi connectivity index (χ4v) is 0.763. The molecule has 0 bridgehead atoms. The van der Waals surface area contributed by atoms with E-state index >= 15 is 0 Å². The summed E-state index contributed by atoms with van der Waals surface area (Å²) in [5, 5.41) is 37.6. The van der Waals surface area contributed by atoms with Gasteiger partial charge in [-0.3, -0.25) is 9.59 Å². The molecule has 0 aromatic heterocycles. The number of carbonyl (C=O) groups is 2. The van der Waals surface area contributed by atoms with Gasteiger partial charge in [0.05, 0.1) is 0 Å². The molecule has 0 aromatic rings. The third-order valence-corrected chi connectivity index (χ3v) is 1.69. The number of nitriles is 4. The molecule has 0 spiro atoms. The number of hydrogen-bond acceptors (Lipinski definition) is 8. The first kappa shape index (κ1) is 16.0. The van der Waals surface area contributed by atoms with Crippen molar-refractivity contribution in [2.45, 2.75) is 0 Å². The Bertz CT molecular complexity index is 614. The lowest BCUT2D eigenvalue weighted by Crippen LogP contribution is -2.40. The Hall–Kier alpha value is -4.02. The monoisotopic (exact) mass is 270 g/mol. The molecular formula is C10H6N8O2. The Morgan fingerprint density at radius 2 is 1.00 bits per heavy atom. The van der Waals surface area contributed by atoms with Gasteiger partial charge in [0.1, 0.15) is 35.7 Å². The van der Waals surface area contributed by atoms with E-state index in [0.717, 1.165) is 0 Å². The molecule has 10 heteroatoms.